The minimum atomic E-state index is 0.0556. The first-order valence-electron chi connectivity index (χ1n) is 6.88. The SMILES string of the molecule is COCCN(CCOC)CCC(N)c1cccc(Br)c1. The number of benzene rings is 1. The Bertz CT molecular complexity index is 369. The van der Waals surface area contributed by atoms with Crippen LogP contribution in [-0.2, 0) is 9.47 Å². The Morgan fingerprint density at radius 2 is 1.80 bits per heavy atom. The first-order valence-corrected chi connectivity index (χ1v) is 7.68. The third-order valence-corrected chi connectivity index (χ3v) is 3.75. The number of methoxy groups -OCH3 is 2. The van der Waals surface area contributed by atoms with Gasteiger partial charge in [-0.2, -0.15) is 0 Å². The molecule has 2 N–H and O–H groups in total. The highest BCUT2D eigenvalue weighted by Crippen LogP contribution is 2.19. The van der Waals surface area contributed by atoms with Crippen LogP contribution in [0.1, 0.15) is 18.0 Å². The van der Waals surface area contributed by atoms with Crippen LogP contribution in [0, 0.1) is 0 Å². The van der Waals surface area contributed by atoms with Crippen molar-refractivity contribution in [2.75, 3.05) is 47.1 Å². The highest BCUT2D eigenvalue weighted by molar-refractivity contribution is 9.10. The second-order valence-electron chi connectivity index (χ2n) is 4.78. The summed E-state index contributed by atoms with van der Waals surface area (Å²) in [6.45, 7) is 4.22. The Morgan fingerprint density at radius 3 is 2.35 bits per heavy atom. The van der Waals surface area contributed by atoms with Gasteiger partial charge in [-0.3, -0.25) is 4.90 Å². The normalized spacial score (nSPS) is 12.8. The van der Waals surface area contributed by atoms with Crippen molar-refractivity contribution in [3.8, 4) is 0 Å². The Kier molecular flexibility index (Phi) is 9.05. The summed E-state index contributed by atoms with van der Waals surface area (Å²) >= 11 is 3.48. The maximum Gasteiger partial charge on any atom is 0.0589 e. The second-order valence-corrected chi connectivity index (χ2v) is 5.69. The van der Waals surface area contributed by atoms with E-state index in [1.807, 2.05) is 12.1 Å². The number of hydrogen-bond donors (Lipinski definition) is 1. The molecule has 114 valence electrons. The summed E-state index contributed by atoms with van der Waals surface area (Å²) < 4.78 is 11.3. The van der Waals surface area contributed by atoms with E-state index in [-0.39, 0.29) is 6.04 Å². The lowest BCUT2D eigenvalue weighted by Crippen LogP contribution is -2.33. The van der Waals surface area contributed by atoms with Gasteiger partial charge in [0.1, 0.15) is 0 Å². The van der Waals surface area contributed by atoms with Crippen molar-refractivity contribution < 1.29 is 9.47 Å². The topological polar surface area (TPSA) is 47.7 Å². The average Bonchev–Trinajstić information content (AvgIpc) is 2.46. The van der Waals surface area contributed by atoms with Crippen LogP contribution >= 0.6 is 15.9 Å². The molecule has 0 aromatic heterocycles. The van der Waals surface area contributed by atoms with Gasteiger partial charge in [0, 0.05) is 44.4 Å². The van der Waals surface area contributed by atoms with E-state index in [1.54, 1.807) is 14.2 Å². The van der Waals surface area contributed by atoms with Crippen molar-refractivity contribution in [2.45, 2.75) is 12.5 Å². The van der Waals surface area contributed by atoms with Crippen LogP contribution in [0.2, 0.25) is 0 Å². The van der Waals surface area contributed by atoms with Crippen LogP contribution in [0.5, 0.6) is 0 Å². The molecule has 1 rings (SSSR count). The largest absolute Gasteiger partial charge is 0.383 e. The van der Waals surface area contributed by atoms with Crippen LogP contribution < -0.4 is 5.73 Å². The Hall–Kier alpha value is -0.460. The van der Waals surface area contributed by atoms with E-state index in [1.165, 1.54) is 0 Å². The fourth-order valence-corrected chi connectivity index (χ4v) is 2.42. The molecule has 0 heterocycles. The molecule has 0 radical (unpaired) electrons. The molecule has 0 spiro atoms. The summed E-state index contributed by atoms with van der Waals surface area (Å²) in [5.41, 5.74) is 7.42. The lowest BCUT2D eigenvalue weighted by molar-refractivity contribution is 0.112. The van der Waals surface area contributed by atoms with Crippen molar-refractivity contribution in [1.82, 2.24) is 4.90 Å². The number of hydrogen-bond acceptors (Lipinski definition) is 4. The van der Waals surface area contributed by atoms with E-state index in [0.717, 1.165) is 49.3 Å². The van der Waals surface area contributed by atoms with E-state index in [9.17, 15) is 0 Å². The molecule has 0 bridgehead atoms. The monoisotopic (exact) mass is 344 g/mol. The van der Waals surface area contributed by atoms with E-state index < -0.39 is 0 Å². The molecule has 0 fully saturated rings. The highest BCUT2D eigenvalue weighted by Gasteiger charge is 2.10. The molecule has 0 aliphatic heterocycles. The van der Waals surface area contributed by atoms with Gasteiger partial charge in [0.15, 0.2) is 0 Å². The standard InChI is InChI=1S/C15H25BrN2O2/c1-19-10-8-18(9-11-20-2)7-6-15(17)13-4-3-5-14(16)12-13/h3-5,12,15H,6-11,17H2,1-2H3. The van der Waals surface area contributed by atoms with E-state index >= 15 is 0 Å². The lowest BCUT2D eigenvalue weighted by atomic mass is 10.0. The van der Waals surface area contributed by atoms with Gasteiger partial charge < -0.3 is 15.2 Å². The van der Waals surface area contributed by atoms with Gasteiger partial charge in [-0.25, -0.2) is 0 Å². The summed E-state index contributed by atoms with van der Waals surface area (Å²) in [7, 11) is 3.45. The molecular formula is C15H25BrN2O2. The van der Waals surface area contributed by atoms with Crippen molar-refractivity contribution >= 4 is 15.9 Å². The lowest BCUT2D eigenvalue weighted by Gasteiger charge is -2.23. The summed E-state index contributed by atoms with van der Waals surface area (Å²) in [4.78, 5) is 2.32. The second kappa shape index (κ2) is 10.3. The number of nitrogens with two attached hydrogens (primary N) is 1. The van der Waals surface area contributed by atoms with Crippen LogP contribution in [0.25, 0.3) is 0 Å². The van der Waals surface area contributed by atoms with Crippen LogP contribution in [0.3, 0.4) is 0 Å². The highest BCUT2D eigenvalue weighted by atomic mass is 79.9. The van der Waals surface area contributed by atoms with E-state index in [4.69, 9.17) is 15.2 Å². The van der Waals surface area contributed by atoms with Gasteiger partial charge >= 0.3 is 0 Å². The fraction of sp³-hybridized carbons (Fsp3) is 0.600. The number of rotatable bonds is 10. The Labute approximate surface area is 130 Å². The summed E-state index contributed by atoms with van der Waals surface area (Å²) in [6.07, 6.45) is 0.921. The number of ether oxygens (including phenoxy) is 2. The predicted molar refractivity (Wildman–Crippen MR) is 85.9 cm³/mol. The molecule has 1 atom stereocenters. The zero-order valence-electron chi connectivity index (χ0n) is 12.3. The molecule has 0 aliphatic rings. The number of nitrogens with zero attached hydrogens (tertiary/aromatic N) is 1. The summed E-state index contributed by atoms with van der Waals surface area (Å²) in [5, 5.41) is 0. The molecule has 0 amide bonds. The van der Waals surface area contributed by atoms with Crippen LogP contribution in [-0.4, -0.2) is 52.0 Å². The van der Waals surface area contributed by atoms with Crippen LogP contribution in [0.15, 0.2) is 28.7 Å². The molecule has 0 aliphatic carbocycles. The average molecular weight is 345 g/mol. The molecule has 0 saturated heterocycles. The van der Waals surface area contributed by atoms with Crippen molar-refractivity contribution in [1.29, 1.82) is 0 Å². The first kappa shape index (κ1) is 17.6. The third-order valence-electron chi connectivity index (χ3n) is 3.26. The third kappa shape index (κ3) is 6.81. The zero-order valence-corrected chi connectivity index (χ0v) is 13.9. The minimum absolute atomic E-state index is 0.0556. The zero-order chi connectivity index (χ0) is 14.8. The summed E-state index contributed by atoms with van der Waals surface area (Å²) in [5.74, 6) is 0. The number of halogens is 1. The molecule has 1 aromatic rings. The predicted octanol–water partition coefficient (Wildman–Crippen LogP) is 2.43. The van der Waals surface area contributed by atoms with E-state index in [2.05, 4.69) is 33.0 Å². The van der Waals surface area contributed by atoms with Crippen molar-refractivity contribution in [2.24, 2.45) is 5.73 Å². The van der Waals surface area contributed by atoms with E-state index in [0.29, 0.717) is 0 Å². The van der Waals surface area contributed by atoms with Gasteiger partial charge in [0.2, 0.25) is 0 Å². The van der Waals surface area contributed by atoms with Gasteiger partial charge in [-0.05, 0) is 24.1 Å². The molecule has 20 heavy (non-hydrogen) atoms. The Morgan fingerprint density at radius 1 is 1.15 bits per heavy atom. The molecule has 0 saturated carbocycles. The molecule has 5 heteroatoms. The maximum atomic E-state index is 6.26. The maximum absolute atomic E-state index is 6.26. The molecule has 1 unspecified atom stereocenters. The van der Waals surface area contributed by atoms with Gasteiger partial charge in [-0.15, -0.1) is 0 Å². The minimum Gasteiger partial charge on any atom is -0.383 e. The van der Waals surface area contributed by atoms with Crippen LogP contribution in [0.4, 0.5) is 0 Å². The van der Waals surface area contributed by atoms with Crippen molar-refractivity contribution in [3.05, 3.63) is 34.3 Å². The van der Waals surface area contributed by atoms with Gasteiger partial charge in [0.25, 0.3) is 0 Å². The Balaban J connectivity index is 2.44. The fourth-order valence-electron chi connectivity index (χ4n) is 2.00. The van der Waals surface area contributed by atoms with Gasteiger partial charge in [-0.1, -0.05) is 28.1 Å². The quantitative estimate of drug-likeness (QED) is 0.708. The molecule has 1 aromatic carbocycles. The molecule has 4 nitrogen and oxygen atoms in total. The molecular weight excluding hydrogens is 320 g/mol. The summed E-state index contributed by atoms with van der Waals surface area (Å²) in [6, 6.07) is 8.25. The first-order chi connectivity index (χ1) is 9.67. The van der Waals surface area contributed by atoms with Crippen molar-refractivity contribution in [3.63, 3.8) is 0 Å². The smallest absolute Gasteiger partial charge is 0.0589 e. The van der Waals surface area contributed by atoms with Gasteiger partial charge in [0.05, 0.1) is 13.2 Å².